The van der Waals surface area contributed by atoms with Crippen LogP contribution in [0.1, 0.15) is 26.5 Å². The normalized spacial score (nSPS) is 8.15. The van der Waals surface area contributed by atoms with Crippen molar-refractivity contribution in [3.63, 3.8) is 0 Å². The summed E-state index contributed by atoms with van der Waals surface area (Å²) in [6.45, 7) is 11.1. The fourth-order valence-electron chi connectivity index (χ4n) is 0.887. The first-order valence-electron chi connectivity index (χ1n) is 4.26. The molecule has 0 amide bonds. The molecule has 0 aliphatic heterocycles. The van der Waals surface area contributed by atoms with Gasteiger partial charge in [0.1, 0.15) is 0 Å². The minimum Gasteiger partial charge on any atom is -0.361 e. The smallest absolute Gasteiger partial charge is 0.189 e. The van der Waals surface area contributed by atoms with Crippen LogP contribution in [0.25, 0.3) is 12.2 Å². The fourth-order valence-corrected chi connectivity index (χ4v) is 0.887. The van der Waals surface area contributed by atoms with Gasteiger partial charge in [-0.2, -0.15) is 0 Å². The molecule has 0 unspecified atom stereocenters. The number of pyridine rings is 1. The van der Waals surface area contributed by atoms with Crippen molar-refractivity contribution in [3.8, 4) is 0 Å². The highest BCUT2D eigenvalue weighted by Crippen LogP contribution is 2.01. The van der Waals surface area contributed by atoms with Crippen molar-refractivity contribution in [1.29, 1.82) is 0 Å². The van der Waals surface area contributed by atoms with Gasteiger partial charge in [0.05, 0.1) is 0 Å². The molecule has 0 radical (unpaired) electrons. The first-order valence-corrected chi connectivity index (χ1v) is 4.26. The van der Waals surface area contributed by atoms with E-state index in [9.17, 15) is 4.79 Å². The maximum atomic E-state index is 11.1. The zero-order valence-electron chi connectivity index (χ0n) is 8.13. The Labute approximate surface area is 80.1 Å². The summed E-state index contributed by atoms with van der Waals surface area (Å²) in [4.78, 5) is 14.0. The van der Waals surface area contributed by atoms with E-state index in [-0.39, 0.29) is 6.86 Å². The van der Waals surface area contributed by atoms with E-state index in [2.05, 4.69) is 18.1 Å². The van der Waals surface area contributed by atoms with E-state index in [4.69, 9.17) is 0 Å². The Morgan fingerprint density at radius 2 is 2.00 bits per heavy atom. The zero-order chi connectivity index (χ0) is 10.3. The molecule has 0 aliphatic rings. The van der Waals surface area contributed by atoms with Crippen LogP contribution < -0.4 is 5.43 Å². The van der Waals surface area contributed by atoms with Crippen LogP contribution in [0.15, 0.2) is 30.2 Å². The van der Waals surface area contributed by atoms with Gasteiger partial charge in [-0.15, -0.1) is 0 Å². The van der Waals surface area contributed by atoms with Crippen LogP contribution in [0.3, 0.4) is 0 Å². The number of nitrogens with one attached hydrogen (secondary N) is 1. The largest absolute Gasteiger partial charge is 0.361 e. The molecule has 1 aromatic heterocycles. The molecule has 0 fully saturated rings. The standard InChI is InChI=1S/C9H9NO.C2H6.H2/c1-3-7-8(4-2)10-6-5-9(7)11;1-2;/h3-6H,1-2H2,(H,10,11);1-2H3;1H. The van der Waals surface area contributed by atoms with Crippen molar-refractivity contribution in [2.45, 2.75) is 13.8 Å². The monoisotopic (exact) mass is 179 g/mol. The number of aromatic nitrogens is 1. The van der Waals surface area contributed by atoms with Gasteiger partial charge in [0, 0.05) is 24.9 Å². The van der Waals surface area contributed by atoms with E-state index in [0.29, 0.717) is 11.3 Å². The molecule has 0 atom stereocenters. The Hall–Kier alpha value is -1.57. The maximum Gasteiger partial charge on any atom is 0.189 e. The summed E-state index contributed by atoms with van der Waals surface area (Å²) in [5.74, 6) is 0. The summed E-state index contributed by atoms with van der Waals surface area (Å²) in [5.41, 5.74) is 1.25. The molecule has 0 spiro atoms. The third kappa shape index (κ3) is 2.75. The molecule has 1 heterocycles. The first kappa shape index (κ1) is 11.4. The van der Waals surface area contributed by atoms with E-state index in [0.717, 1.165) is 0 Å². The summed E-state index contributed by atoms with van der Waals surface area (Å²) in [6.07, 6.45) is 4.71. The van der Waals surface area contributed by atoms with Crippen molar-refractivity contribution in [2.24, 2.45) is 0 Å². The van der Waals surface area contributed by atoms with Gasteiger partial charge < -0.3 is 4.98 Å². The highest BCUT2D eigenvalue weighted by molar-refractivity contribution is 5.59. The third-order valence-electron chi connectivity index (χ3n) is 1.44. The Kier molecular flexibility index (Phi) is 5.28. The van der Waals surface area contributed by atoms with Gasteiger partial charge in [-0.05, 0) is 6.08 Å². The minimum absolute atomic E-state index is 0. The Balaban J connectivity index is 0. The molecule has 2 nitrogen and oxygen atoms in total. The minimum atomic E-state index is -0.0337. The van der Waals surface area contributed by atoms with Gasteiger partial charge >= 0.3 is 0 Å². The number of aromatic amines is 1. The van der Waals surface area contributed by atoms with Crippen LogP contribution in [-0.2, 0) is 0 Å². The second kappa shape index (κ2) is 6.00. The molecule has 0 saturated heterocycles. The first-order chi connectivity index (χ1) is 6.29. The summed E-state index contributed by atoms with van der Waals surface area (Å²) < 4.78 is 0. The predicted octanol–water partition coefficient (Wildman–Crippen LogP) is 2.93. The maximum absolute atomic E-state index is 11.1. The summed E-state index contributed by atoms with van der Waals surface area (Å²) >= 11 is 0. The second-order valence-electron chi connectivity index (χ2n) is 2.08. The summed E-state index contributed by atoms with van der Waals surface area (Å²) in [6, 6.07) is 1.46. The lowest BCUT2D eigenvalue weighted by atomic mass is 10.2. The number of hydrogen-bond acceptors (Lipinski definition) is 1. The molecule has 2 heteroatoms. The van der Waals surface area contributed by atoms with E-state index in [1.807, 2.05) is 13.8 Å². The molecule has 0 aliphatic carbocycles. The lowest BCUT2D eigenvalue weighted by Crippen LogP contribution is -2.05. The summed E-state index contributed by atoms with van der Waals surface area (Å²) in [5, 5.41) is 0. The highest BCUT2D eigenvalue weighted by atomic mass is 16.1. The molecule has 1 rings (SSSR count). The molecule has 72 valence electrons. The molecular weight excluding hydrogens is 162 g/mol. The van der Waals surface area contributed by atoms with Crippen molar-refractivity contribution >= 4 is 12.2 Å². The molecular formula is C11H17NO. The van der Waals surface area contributed by atoms with Gasteiger partial charge in [-0.3, -0.25) is 4.79 Å². The quantitative estimate of drug-likeness (QED) is 0.744. The van der Waals surface area contributed by atoms with Crippen LogP contribution in [0.5, 0.6) is 0 Å². The Morgan fingerprint density at radius 1 is 1.38 bits per heavy atom. The van der Waals surface area contributed by atoms with Gasteiger partial charge in [0.15, 0.2) is 5.43 Å². The Morgan fingerprint density at radius 3 is 2.38 bits per heavy atom. The lowest BCUT2D eigenvalue weighted by molar-refractivity contribution is 1.26. The molecule has 13 heavy (non-hydrogen) atoms. The van der Waals surface area contributed by atoms with Gasteiger partial charge in [0.2, 0.25) is 0 Å². The van der Waals surface area contributed by atoms with Crippen molar-refractivity contribution in [2.75, 3.05) is 0 Å². The average Bonchev–Trinajstić information content (AvgIpc) is 2.20. The molecule has 0 aromatic carbocycles. The lowest BCUT2D eigenvalue weighted by Gasteiger charge is -1.96. The molecule has 1 N–H and O–H groups in total. The van der Waals surface area contributed by atoms with Crippen molar-refractivity contribution in [3.05, 3.63) is 46.9 Å². The summed E-state index contributed by atoms with van der Waals surface area (Å²) in [7, 11) is 0. The number of rotatable bonds is 2. The zero-order valence-corrected chi connectivity index (χ0v) is 8.13. The van der Waals surface area contributed by atoms with E-state index in [1.54, 1.807) is 12.3 Å². The molecule has 0 saturated carbocycles. The molecule has 1 aromatic rings. The van der Waals surface area contributed by atoms with Gasteiger partial charge in [-0.1, -0.05) is 33.1 Å². The van der Waals surface area contributed by atoms with Gasteiger partial charge in [0.25, 0.3) is 0 Å². The fraction of sp³-hybridized carbons (Fsp3) is 0.182. The van der Waals surface area contributed by atoms with E-state index < -0.39 is 0 Å². The highest BCUT2D eigenvalue weighted by Gasteiger charge is 1.97. The van der Waals surface area contributed by atoms with Crippen molar-refractivity contribution in [1.82, 2.24) is 4.98 Å². The van der Waals surface area contributed by atoms with Crippen molar-refractivity contribution < 1.29 is 1.43 Å². The number of H-pyrrole nitrogens is 1. The number of hydrogen-bond donors (Lipinski definition) is 1. The predicted molar refractivity (Wildman–Crippen MR) is 60.7 cm³/mol. The van der Waals surface area contributed by atoms with Crippen LogP contribution in [0.4, 0.5) is 0 Å². The van der Waals surface area contributed by atoms with E-state index in [1.165, 1.54) is 12.1 Å². The van der Waals surface area contributed by atoms with Gasteiger partial charge in [-0.25, -0.2) is 0 Å². The van der Waals surface area contributed by atoms with Crippen LogP contribution >= 0.6 is 0 Å². The average molecular weight is 179 g/mol. The Bertz CT molecular complexity index is 341. The SMILES string of the molecule is C=Cc1[nH]ccc(=O)c1C=C.CC.[HH]. The third-order valence-corrected chi connectivity index (χ3v) is 1.44. The topological polar surface area (TPSA) is 32.9 Å². The molecule has 0 bridgehead atoms. The van der Waals surface area contributed by atoms with Crippen LogP contribution in [0.2, 0.25) is 0 Å². The van der Waals surface area contributed by atoms with Crippen LogP contribution in [-0.4, -0.2) is 4.98 Å². The van der Waals surface area contributed by atoms with Crippen LogP contribution in [0, 0.1) is 0 Å². The second-order valence-corrected chi connectivity index (χ2v) is 2.08. The van der Waals surface area contributed by atoms with E-state index >= 15 is 0 Å².